The molecule has 0 radical (unpaired) electrons. The van der Waals surface area contributed by atoms with Crippen molar-refractivity contribution in [1.82, 2.24) is 19.7 Å². The highest BCUT2D eigenvalue weighted by atomic mass is 15.3. The van der Waals surface area contributed by atoms with Crippen LogP contribution in [0.15, 0.2) is 0 Å². The molecule has 0 bridgehead atoms. The zero-order valence-electron chi connectivity index (χ0n) is 15.3. The largest absolute Gasteiger partial charge is 0.349 e. The molecule has 5 heteroatoms. The van der Waals surface area contributed by atoms with Crippen LogP contribution in [-0.4, -0.2) is 26.3 Å². The number of nitrogens with zero attached hydrogens (tertiary/aromatic N) is 5. The van der Waals surface area contributed by atoms with Gasteiger partial charge in [0.25, 0.3) is 0 Å². The van der Waals surface area contributed by atoms with E-state index >= 15 is 0 Å². The van der Waals surface area contributed by atoms with Crippen molar-refractivity contribution in [2.75, 3.05) is 11.4 Å². The number of fused-ring (bicyclic) bond motifs is 1. The van der Waals surface area contributed by atoms with Crippen LogP contribution in [0.2, 0.25) is 0 Å². The molecule has 2 aliphatic rings. The Morgan fingerprint density at radius 3 is 2.54 bits per heavy atom. The minimum absolute atomic E-state index is 0.402. The second-order valence-electron chi connectivity index (χ2n) is 7.29. The van der Waals surface area contributed by atoms with Crippen LogP contribution in [0.1, 0.15) is 65.8 Å². The first-order chi connectivity index (χ1) is 11.6. The van der Waals surface area contributed by atoms with Gasteiger partial charge in [0.05, 0.1) is 11.7 Å². The van der Waals surface area contributed by atoms with Gasteiger partial charge in [0.15, 0.2) is 0 Å². The average Bonchev–Trinajstić information content (AvgIpc) is 3.11. The Morgan fingerprint density at radius 1 is 1.00 bits per heavy atom. The highest BCUT2D eigenvalue weighted by molar-refractivity contribution is 5.54. The van der Waals surface area contributed by atoms with E-state index in [9.17, 15) is 0 Å². The molecule has 128 valence electrons. The predicted molar refractivity (Wildman–Crippen MR) is 95.4 cm³/mol. The fourth-order valence-corrected chi connectivity index (χ4v) is 4.52. The Balaban J connectivity index is 1.80. The lowest BCUT2D eigenvalue weighted by atomic mass is 9.95. The summed E-state index contributed by atoms with van der Waals surface area (Å²) in [6, 6.07) is 0.402. The number of anilines is 1. The second-order valence-corrected chi connectivity index (χ2v) is 7.29. The Labute approximate surface area is 144 Å². The van der Waals surface area contributed by atoms with Gasteiger partial charge in [0.1, 0.15) is 11.6 Å². The van der Waals surface area contributed by atoms with Crippen molar-refractivity contribution in [1.29, 1.82) is 0 Å². The first-order valence-electron chi connectivity index (χ1n) is 9.19. The van der Waals surface area contributed by atoms with E-state index in [1.54, 1.807) is 0 Å². The summed E-state index contributed by atoms with van der Waals surface area (Å²) < 4.78 is 2.02. The third kappa shape index (κ3) is 2.41. The SMILES string of the molecule is Cc1nc2c(c(N3CCCC3c3c(C)nn(C)c3C)n1)CCCC2. The van der Waals surface area contributed by atoms with Crippen LogP contribution in [0.3, 0.4) is 0 Å². The molecule has 0 saturated carbocycles. The van der Waals surface area contributed by atoms with E-state index in [0.717, 1.165) is 30.9 Å². The maximum absolute atomic E-state index is 4.90. The number of rotatable bonds is 2. The normalized spacial score (nSPS) is 20.5. The van der Waals surface area contributed by atoms with Crippen molar-refractivity contribution >= 4 is 5.82 Å². The van der Waals surface area contributed by atoms with Crippen LogP contribution in [0.25, 0.3) is 0 Å². The molecule has 24 heavy (non-hydrogen) atoms. The minimum Gasteiger partial charge on any atom is -0.349 e. The van der Waals surface area contributed by atoms with E-state index < -0.39 is 0 Å². The van der Waals surface area contributed by atoms with E-state index in [4.69, 9.17) is 9.97 Å². The molecular formula is C19H27N5. The quantitative estimate of drug-likeness (QED) is 0.849. The van der Waals surface area contributed by atoms with Crippen molar-refractivity contribution in [2.24, 2.45) is 7.05 Å². The highest BCUT2D eigenvalue weighted by Crippen LogP contribution is 2.40. The summed E-state index contributed by atoms with van der Waals surface area (Å²) in [5.41, 5.74) is 6.53. The van der Waals surface area contributed by atoms with Gasteiger partial charge in [0, 0.05) is 36.1 Å². The fraction of sp³-hybridized carbons (Fsp3) is 0.632. The summed E-state index contributed by atoms with van der Waals surface area (Å²) in [4.78, 5) is 12.2. The molecule has 1 fully saturated rings. The molecule has 5 nitrogen and oxygen atoms in total. The maximum Gasteiger partial charge on any atom is 0.136 e. The lowest BCUT2D eigenvalue weighted by Gasteiger charge is -2.30. The third-order valence-electron chi connectivity index (χ3n) is 5.70. The smallest absolute Gasteiger partial charge is 0.136 e. The molecule has 1 aliphatic heterocycles. The standard InChI is InChI=1S/C19H27N5/c1-12-18(13(2)23(4)22-12)17-10-7-11-24(17)19-15-8-5-6-9-16(15)20-14(3)21-19/h17H,5-11H2,1-4H3. The molecule has 0 N–H and O–H groups in total. The Kier molecular flexibility index (Phi) is 3.82. The first-order valence-corrected chi connectivity index (χ1v) is 9.19. The Morgan fingerprint density at radius 2 is 1.79 bits per heavy atom. The Hall–Kier alpha value is -1.91. The third-order valence-corrected chi connectivity index (χ3v) is 5.70. The molecule has 0 spiro atoms. The Bertz CT molecular complexity index is 777. The average molecular weight is 325 g/mol. The molecule has 3 heterocycles. The highest BCUT2D eigenvalue weighted by Gasteiger charge is 2.33. The topological polar surface area (TPSA) is 46.8 Å². The lowest BCUT2D eigenvalue weighted by Crippen LogP contribution is -2.27. The van der Waals surface area contributed by atoms with E-state index in [0.29, 0.717) is 6.04 Å². The summed E-state index contributed by atoms with van der Waals surface area (Å²) in [7, 11) is 2.04. The molecule has 1 unspecified atom stereocenters. The maximum atomic E-state index is 4.90. The molecule has 1 atom stereocenters. The minimum atomic E-state index is 0.402. The van der Waals surface area contributed by atoms with E-state index in [2.05, 4.69) is 23.8 Å². The van der Waals surface area contributed by atoms with E-state index in [-0.39, 0.29) is 0 Å². The summed E-state index contributed by atoms with van der Waals surface area (Å²) in [6.07, 6.45) is 7.15. The molecule has 0 amide bonds. The fourth-order valence-electron chi connectivity index (χ4n) is 4.52. The van der Waals surface area contributed by atoms with Crippen molar-refractivity contribution in [3.8, 4) is 0 Å². The van der Waals surface area contributed by atoms with Gasteiger partial charge < -0.3 is 4.90 Å². The van der Waals surface area contributed by atoms with Crippen molar-refractivity contribution < 1.29 is 0 Å². The van der Waals surface area contributed by atoms with Gasteiger partial charge in [-0.05, 0) is 59.3 Å². The zero-order chi connectivity index (χ0) is 16.8. The van der Waals surface area contributed by atoms with Crippen LogP contribution < -0.4 is 4.90 Å². The number of hydrogen-bond donors (Lipinski definition) is 0. The van der Waals surface area contributed by atoms with Gasteiger partial charge in [0.2, 0.25) is 0 Å². The van der Waals surface area contributed by atoms with Gasteiger partial charge in [-0.25, -0.2) is 9.97 Å². The van der Waals surface area contributed by atoms with Gasteiger partial charge in [-0.1, -0.05) is 0 Å². The summed E-state index contributed by atoms with van der Waals surface area (Å²) in [5, 5.41) is 4.65. The zero-order valence-corrected chi connectivity index (χ0v) is 15.3. The van der Waals surface area contributed by atoms with Crippen LogP contribution in [0, 0.1) is 20.8 Å². The van der Waals surface area contributed by atoms with Gasteiger partial charge >= 0.3 is 0 Å². The molecule has 2 aromatic rings. The number of aromatic nitrogens is 4. The van der Waals surface area contributed by atoms with Crippen molar-refractivity contribution in [2.45, 2.75) is 65.3 Å². The summed E-state index contributed by atoms with van der Waals surface area (Å²) in [6.45, 7) is 7.44. The number of hydrogen-bond acceptors (Lipinski definition) is 4. The van der Waals surface area contributed by atoms with Gasteiger partial charge in [-0.15, -0.1) is 0 Å². The number of aryl methyl sites for hydroxylation is 4. The monoisotopic (exact) mass is 325 g/mol. The molecular weight excluding hydrogens is 298 g/mol. The molecule has 1 aliphatic carbocycles. The molecule has 1 saturated heterocycles. The van der Waals surface area contributed by atoms with E-state index in [1.165, 1.54) is 54.0 Å². The molecule has 0 aromatic carbocycles. The lowest BCUT2D eigenvalue weighted by molar-refractivity contribution is 0.639. The molecule has 4 rings (SSSR count). The van der Waals surface area contributed by atoms with Crippen LogP contribution in [0.4, 0.5) is 5.82 Å². The molecule has 2 aromatic heterocycles. The van der Waals surface area contributed by atoms with Crippen molar-refractivity contribution in [3.63, 3.8) is 0 Å². The predicted octanol–water partition coefficient (Wildman–Crippen LogP) is 3.36. The van der Waals surface area contributed by atoms with Gasteiger partial charge in [-0.3, -0.25) is 4.68 Å². The summed E-state index contributed by atoms with van der Waals surface area (Å²) >= 11 is 0. The van der Waals surface area contributed by atoms with Gasteiger partial charge in [-0.2, -0.15) is 5.10 Å². The van der Waals surface area contributed by atoms with Crippen molar-refractivity contribution in [3.05, 3.63) is 34.0 Å². The first kappa shape index (κ1) is 15.6. The second kappa shape index (κ2) is 5.87. The summed E-state index contributed by atoms with van der Waals surface area (Å²) in [5.74, 6) is 2.11. The van der Waals surface area contributed by atoms with E-state index in [1.807, 2.05) is 18.7 Å². The van der Waals surface area contributed by atoms with Crippen LogP contribution in [0.5, 0.6) is 0 Å². The van der Waals surface area contributed by atoms with Crippen LogP contribution in [-0.2, 0) is 19.9 Å². The van der Waals surface area contributed by atoms with Crippen LogP contribution >= 0.6 is 0 Å².